The van der Waals surface area contributed by atoms with Crippen molar-refractivity contribution < 1.29 is 4.79 Å². The van der Waals surface area contributed by atoms with Crippen LogP contribution in [0, 0.1) is 0 Å². The minimum Gasteiger partial charge on any atom is -0.349 e. The van der Waals surface area contributed by atoms with E-state index in [-0.39, 0.29) is 11.9 Å². The summed E-state index contributed by atoms with van der Waals surface area (Å²) < 4.78 is 1.69. The van der Waals surface area contributed by atoms with Crippen molar-refractivity contribution in [1.82, 2.24) is 25.1 Å². The Morgan fingerprint density at radius 1 is 1.25 bits per heavy atom. The van der Waals surface area contributed by atoms with Gasteiger partial charge in [-0.25, -0.2) is 14.6 Å². The monoisotopic (exact) mass is 339 g/mol. The van der Waals surface area contributed by atoms with Gasteiger partial charge in [0.15, 0.2) is 0 Å². The summed E-state index contributed by atoms with van der Waals surface area (Å²) in [5.41, 5.74) is 1.97. The van der Waals surface area contributed by atoms with Crippen molar-refractivity contribution in [2.45, 2.75) is 18.0 Å². The Labute approximate surface area is 144 Å². The quantitative estimate of drug-likeness (QED) is 0.699. The number of nitrogens with zero attached hydrogens (tertiary/aromatic N) is 4. The first-order valence-electron chi connectivity index (χ1n) is 7.50. The van der Waals surface area contributed by atoms with E-state index in [1.165, 1.54) is 18.1 Å². The highest BCUT2D eigenvalue weighted by Gasteiger charge is 2.10. The van der Waals surface area contributed by atoms with Gasteiger partial charge in [0.1, 0.15) is 12.7 Å². The van der Waals surface area contributed by atoms with Gasteiger partial charge in [0.05, 0.1) is 22.5 Å². The molecule has 1 aromatic carbocycles. The summed E-state index contributed by atoms with van der Waals surface area (Å²) in [6.07, 6.45) is 4.87. The first kappa shape index (κ1) is 16.2. The molecule has 0 aliphatic carbocycles. The highest BCUT2D eigenvalue weighted by molar-refractivity contribution is 7.99. The molecule has 1 N–H and O–H groups in total. The molecule has 0 aliphatic heterocycles. The minimum atomic E-state index is -0.0633. The molecule has 2 heterocycles. The zero-order valence-electron chi connectivity index (χ0n) is 13.2. The average molecular weight is 339 g/mol. The SMILES string of the molecule is C[C@H](NC(=O)CSc1ccccn1)c1ccc(-n2cncn2)cc1. The molecule has 0 bridgehead atoms. The van der Waals surface area contributed by atoms with Gasteiger partial charge in [0.2, 0.25) is 5.91 Å². The van der Waals surface area contributed by atoms with Gasteiger partial charge in [0, 0.05) is 6.20 Å². The van der Waals surface area contributed by atoms with Gasteiger partial charge in [-0.15, -0.1) is 0 Å². The van der Waals surface area contributed by atoms with Crippen LogP contribution in [0.3, 0.4) is 0 Å². The molecule has 6 nitrogen and oxygen atoms in total. The van der Waals surface area contributed by atoms with Crippen molar-refractivity contribution in [1.29, 1.82) is 0 Å². The molecule has 7 heteroatoms. The third-order valence-electron chi connectivity index (χ3n) is 3.44. The third kappa shape index (κ3) is 4.20. The molecule has 0 aliphatic rings. The number of aromatic nitrogens is 4. The minimum absolute atomic E-state index is 0.0153. The number of pyridine rings is 1. The van der Waals surface area contributed by atoms with E-state index >= 15 is 0 Å². The molecule has 0 radical (unpaired) electrons. The van der Waals surface area contributed by atoms with E-state index < -0.39 is 0 Å². The molecule has 1 atom stereocenters. The lowest BCUT2D eigenvalue weighted by molar-refractivity contribution is -0.119. The maximum Gasteiger partial charge on any atom is 0.230 e. The Morgan fingerprint density at radius 2 is 2.08 bits per heavy atom. The second-order valence-electron chi connectivity index (χ2n) is 5.18. The largest absolute Gasteiger partial charge is 0.349 e. The van der Waals surface area contributed by atoms with Crippen LogP contribution in [-0.2, 0) is 4.79 Å². The molecular formula is C17H17N5OS. The number of rotatable bonds is 6. The molecule has 24 heavy (non-hydrogen) atoms. The standard InChI is InChI=1S/C17H17N5OS/c1-13(21-16(23)10-24-17-4-2-3-9-19-17)14-5-7-15(8-6-14)22-12-18-11-20-22/h2-9,11-13H,10H2,1H3,(H,21,23)/t13-/m0/s1. The van der Waals surface area contributed by atoms with Crippen molar-refractivity contribution in [2.75, 3.05) is 5.75 Å². The van der Waals surface area contributed by atoms with E-state index in [0.29, 0.717) is 5.75 Å². The average Bonchev–Trinajstić information content (AvgIpc) is 3.16. The fourth-order valence-electron chi connectivity index (χ4n) is 2.20. The highest BCUT2D eigenvalue weighted by Crippen LogP contribution is 2.17. The Kier molecular flexibility index (Phi) is 5.22. The van der Waals surface area contributed by atoms with Gasteiger partial charge in [-0.05, 0) is 36.8 Å². The summed E-state index contributed by atoms with van der Waals surface area (Å²) >= 11 is 1.42. The van der Waals surface area contributed by atoms with Crippen LogP contribution in [0.15, 0.2) is 66.3 Å². The number of thioether (sulfide) groups is 1. The maximum atomic E-state index is 12.1. The fraction of sp³-hybridized carbons (Fsp3) is 0.176. The molecule has 1 amide bonds. The van der Waals surface area contributed by atoms with Crippen molar-refractivity contribution in [3.8, 4) is 5.69 Å². The molecule has 122 valence electrons. The van der Waals surface area contributed by atoms with Crippen LogP contribution < -0.4 is 5.32 Å². The zero-order valence-corrected chi connectivity index (χ0v) is 14.0. The molecule has 0 saturated carbocycles. The van der Waals surface area contributed by atoms with Gasteiger partial charge >= 0.3 is 0 Å². The lowest BCUT2D eigenvalue weighted by Crippen LogP contribution is -2.28. The Hall–Kier alpha value is -2.67. The van der Waals surface area contributed by atoms with Gasteiger partial charge in [-0.1, -0.05) is 30.0 Å². The van der Waals surface area contributed by atoms with Crippen LogP contribution in [0.1, 0.15) is 18.5 Å². The summed E-state index contributed by atoms with van der Waals surface area (Å²) in [5, 5.41) is 7.93. The number of carbonyl (C=O) groups is 1. The van der Waals surface area contributed by atoms with Crippen LogP contribution in [0.25, 0.3) is 5.69 Å². The summed E-state index contributed by atoms with van der Waals surface area (Å²) in [6, 6.07) is 13.5. The fourth-order valence-corrected chi connectivity index (χ4v) is 2.87. The molecule has 0 fully saturated rings. The zero-order chi connectivity index (χ0) is 16.8. The van der Waals surface area contributed by atoms with Crippen molar-refractivity contribution >= 4 is 17.7 Å². The van der Waals surface area contributed by atoms with Gasteiger partial charge in [-0.3, -0.25) is 4.79 Å². The van der Waals surface area contributed by atoms with E-state index in [2.05, 4.69) is 20.4 Å². The smallest absolute Gasteiger partial charge is 0.230 e. The van der Waals surface area contributed by atoms with Crippen LogP contribution in [0.4, 0.5) is 0 Å². The van der Waals surface area contributed by atoms with Gasteiger partial charge < -0.3 is 5.32 Å². The van der Waals surface area contributed by atoms with Crippen molar-refractivity contribution in [2.24, 2.45) is 0 Å². The molecule has 0 spiro atoms. The molecule has 0 saturated heterocycles. The highest BCUT2D eigenvalue weighted by atomic mass is 32.2. The van der Waals surface area contributed by atoms with Crippen LogP contribution in [0.5, 0.6) is 0 Å². The maximum absolute atomic E-state index is 12.1. The first-order chi connectivity index (χ1) is 11.7. The summed E-state index contributed by atoms with van der Waals surface area (Å²) in [5.74, 6) is 0.330. The van der Waals surface area contributed by atoms with Gasteiger partial charge in [-0.2, -0.15) is 5.10 Å². The van der Waals surface area contributed by atoms with E-state index in [1.54, 1.807) is 17.2 Å². The van der Waals surface area contributed by atoms with Crippen molar-refractivity contribution in [3.05, 3.63) is 66.9 Å². The number of carbonyl (C=O) groups excluding carboxylic acids is 1. The third-order valence-corrected chi connectivity index (χ3v) is 4.39. The number of hydrogen-bond acceptors (Lipinski definition) is 5. The number of benzene rings is 1. The summed E-state index contributed by atoms with van der Waals surface area (Å²) in [4.78, 5) is 20.2. The first-order valence-corrected chi connectivity index (χ1v) is 8.49. The van der Waals surface area contributed by atoms with Crippen LogP contribution >= 0.6 is 11.8 Å². The molecular weight excluding hydrogens is 322 g/mol. The molecule has 2 aromatic heterocycles. The number of nitrogens with one attached hydrogen (secondary N) is 1. The number of hydrogen-bond donors (Lipinski definition) is 1. The molecule has 3 aromatic rings. The molecule has 3 rings (SSSR count). The van der Waals surface area contributed by atoms with E-state index in [0.717, 1.165) is 16.3 Å². The predicted molar refractivity (Wildman–Crippen MR) is 92.9 cm³/mol. The molecule has 0 unspecified atom stereocenters. The topological polar surface area (TPSA) is 72.7 Å². The Balaban J connectivity index is 1.54. The Morgan fingerprint density at radius 3 is 2.75 bits per heavy atom. The summed E-state index contributed by atoms with van der Waals surface area (Å²) in [6.45, 7) is 1.97. The second kappa shape index (κ2) is 7.74. The lowest BCUT2D eigenvalue weighted by Gasteiger charge is -2.14. The van der Waals surface area contributed by atoms with E-state index in [1.807, 2.05) is 49.4 Å². The summed E-state index contributed by atoms with van der Waals surface area (Å²) in [7, 11) is 0. The lowest BCUT2D eigenvalue weighted by atomic mass is 10.1. The second-order valence-corrected chi connectivity index (χ2v) is 6.17. The Bertz CT molecular complexity index is 775. The van der Waals surface area contributed by atoms with Crippen LogP contribution in [-0.4, -0.2) is 31.4 Å². The number of amides is 1. The van der Waals surface area contributed by atoms with Crippen molar-refractivity contribution in [3.63, 3.8) is 0 Å². The van der Waals surface area contributed by atoms with E-state index in [4.69, 9.17) is 0 Å². The predicted octanol–water partition coefficient (Wildman–Crippen LogP) is 2.63. The normalized spacial score (nSPS) is 11.9. The van der Waals surface area contributed by atoms with E-state index in [9.17, 15) is 4.79 Å². The van der Waals surface area contributed by atoms with Gasteiger partial charge in [0.25, 0.3) is 0 Å². The van der Waals surface area contributed by atoms with Crippen LogP contribution in [0.2, 0.25) is 0 Å².